The average molecular weight is 693 g/mol. The van der Waals surface area contributed by atoms with Gasteiger partial charge < -0.3 is 13.9 Å². The lowest BCUT2D eigenvalue weighted by atomic mass is 10.1. The number of halogens is 2. The van der Waals surface area contributed by atoms with E-state index in [2.05, 4.69) is 42.1 Å². The lowest BCUT2D eigenvalue weighted by Gasteiger charge is -2.07. The number of aromatic nitrogens is 2. The van der Waals surface area contributed by atoms with Crippen LogP contribution in [0.4, 0.5) is 0 Å². The van der Waals surface area contributed by atoms with E-state index in [4.69, 9.17) is 13.9 Å². The molecule has 0 unspecified atom stereocenters. The fourth-order valence-electron chi connectivity index (χ4n) is 4.74. The minimum atomic E-state index is 0.506. The van der Waals surface area contributed by atoms with Gasteiger partial charge in [-0.1, -0.05) is 109 Å². The lowest BCUT2D eigenvalue weighted by molar-refractivity contribution is 0.304. The van der Waals surface area contributed by atoms with E-state index in [1.54, 1.807) is 0 Å². The van der Waals surface area contributed by atoms with Gasteiger partial charge in [0.05, 0.1) is 13.2 Å². The van der Waals surface area contributed by atoms with Gasteiger partial charge in [-0.05, 0) is 74.2 Å². The normalized spacial score (nSPS) is 11.2. The second-order valence-electron chi connectivity index (χ2n) is 10.7. The van der Waals surface area contributed by atoms with Crippen molar-refractivity contribution in [2.45, 2.75) is 103 Å². The number of ether oxygens (including phenoxy) is 2. The molecule has 0 aliphatic carbocycles. The van der Waals surface area contributed by atoms with Gasteiger partial charge in [0.15, 0.2) is 0 Å². The van der Waals surface area contributed by atoms with Crippen molar-refractivity contribution < 1.29 is 13.9 Å². The molecule has 7 heteroatoms. The molecule has 0 bridgehead atoms. The van der Waals surface area contributed by atoms with Gasteiger partial charge >= 0.3 is 0 Å². The van der Waals surface area contributed by atoms with E-state index in [1.807, 2.05) is 48.5 Å². The molecule has 1 heterocycles. The topological polar surface area (TPSA) is 57.4 Å². The van der Waals surface area contributed by atoms with Crippen molar-refractivity contribution in [1.82, 2.24) is 10.2 Å². The third kappa shape index (κ3) is 14.2. The SMILES string of the molecule is BrCCCCCCCCCCOc1ccc(-c2nnc(-c3ccc(OCCCCCCCCCCBr)cc3)o2)cc1. The lowest BCUT2D eigenvalue weighted by Crippen LogP contribution is -1.97. The Balaban J connectivity index is 1.30. The summed E-state index contributed by atoms with van der Waals surface area (Å²) in [7, 11) is 0. The first-order valence-electron chi connectivity index (χ1n) is 15.7. The number of unbranched alkanes of at least 4 members (excludes halogenated alkanes) is 14. The summed E-state index contributed by atoms with van der Waals surface area (Å²) < 4.78 is 17.8. The highest BCUT2D eigenvalue weighted by molar-refractivity contribution is 9.09. The number of hydrogen-bond acceptors (Lipinski definition) is 5. The predicted octanol–water partition coefficient (Wildman–Crippen LogP) is 11.2. The first kappa shape index (κ1) is 33.6. The molecule has 3 aromatic rings. The Morgan fingerprint density at radius 3 is 1.10 bits per heavy atom. The molecular weight excluding hydrogens is 644 g/mol. The summed E-state index contributed by atoms with van der Waals surface area (Å²) in [5.74, 6) is 2.76. The molecule has 0 saturated carbocycles. The van der Waals surface area contributed by atoms with Crippen molar-refractivity contribution in [3.63, 3.8) is 0 Å². The molecule has 0 amide bonds. The standard InChI is InChI=1S/C34H48Br2N2O3/c35-25-13-9-5-1-3-7-11-15-27-39-31-21-17-29(18-22-31)33-37-38-34(41-33)30-19-23-32(24-20-30)40-28-16-12-8-4-2-6-10-14-26-36/h17-24H,1-16,25-28H2. The molecule has 0 aliphatic rings. The van der Waals surface area contributed by atoms with Crippen molar-refractivity contribution in [3.8, 4) is 34.4 Å². The Morgan fingerprint density at radius 1 is 0.439 bits per heavy atom. The summed E-state index contributed by atoms with van der Waals surface area (Å²) >= 11 is 6.99. The smallest absolute Gasteiger partial charge is 0.248 e. The Morgan fingerprint density at radius 2 is 0.756 bits per heavy atom. The highest BCUT2D eigenvalue weighted by Crippen LogP contribution is 2.27. The summed E-state index contributed by atoms with van der Waals surface area (Å²) in [4.78, 5) is 0. The van der Waals surface area contributed by atoms with Crippen molar-refractivity contribution in [2.24, 2.45) is 0 Å². The number of nitrogens with zero attached hydrogens (tertiary/aromatic N) is 2. The van der Waals surface area contributed by atoms with Crippen LogP contribution in [-0.4, -0.2) is 34.1 Å². The van der Waals surface area contributed by atoms with Gasteiger partial charge in [0, 0.05) is 21.8 Å². The fourth-order valence-corrected chi connectivity index (χ4v) is 5.53. The molecule has 1 aromatic heterocycles. The quantitative estimate of drug-likeness (QED) is 0.0691. The molecule has 2 aromatic carbocycles. The zero-order chi connectivity index (χ0) is 28.8. The van der Waals surface area contributed by atoms with Crippen LogP contribution in [0.2, 0.25) is 0 Å². The maximum Gasteiger partial charge on any atom is 0.248 e. The number of hydrogen-bond donors (Lipinski definition) is 0. The Kier molecular flexibility index (Phi) is 17.9. The maximum absolute atomic E-state index is 5.96. The third-order valence-corrected chi connectivity index (χ3v) is 8.34. The Hall–Kier alpha value is -1.86. The van der Waals surface area contributed by atoms with Crippen LogP contribution in [0.15, 0.2) is 52.9 Å². The van der Waals surface area contributed by atoms with Gasteiger partial charge in [0.1, 0.15) is 11.5 Å². The molecule has 41 heavy (non-hydrogen) atoms. The molecule has 0 atom stereocenters. The van der Waals surface area contributed by atoms with Gasteiger partial charge in [-0.3, -0.25) is 0 Å². The predicted molar refractivity (Wildman–Crippen MR) is 178 cm³/mol. The first-order valence-corrected chi connectivity index (χ1v) is 18.0. The van der Waals surface area contributed by atoms with Crippen molar-refractivity contribution in [2.75, 3.05) is 23.9 Å². The summed E-state index contributed by atoms with van der Waals surface area (Å²) in [5, 5.41) is 10.8. The molecule has 0 radical (unpaired) electrons. The molecule has 0 spiro atoms. The monoisotopic (exact) mass is 690 g/mol. The summed E-state index contributed by atoms with van der Waals surface area (Å²) in [6.07, 6.45) is 20.6. The van der Waals surface area contributed by atoms with Crippen LogP contribution < -0.4 is 9.47 Å². The van der Waals surface area contributed by atoms with E-state index < -0.39 is 0 Å². The first-order chi connectivity index (χ1) is 20.3. The van der Waals surface area contributed by atoms with Gasteiger partial charge in [-0.2, -0.15) is 0 Å². The van der Waals surface area contributed by atoms with Crippen LogP contribution in [-0.2, 0) is 0 Å². The minimum Gasteiger partial charge on any atom is -0.494 e. The average Bonchev–Trinajstić information content (AvgIpc) is 3.50. The highest BCUT2D eigenvalue weighted by atomic mass is 79.9. The van der Waals surface area contributed by atoms with Gasteiger partial charge in [-0.15, -0.1) is 10.2 Å². The van der Waals surface area contributed by atoms with Crippen LogP contribution in [0.5, 0.6) is 11.5 Å². The number of alkyl halides is 2. The van der Waals surface area contributed by atoms with Gasteiger partial charge in [-0.25, -0.2) is 0 Å². The van der Waals surface area contributed by atoms with Gasteiger partial charge in [0.25, 0.3) is 0 Å². The molecule has 5 nitrogen and oxygen atoms in total. The fraction of sp³-hybridized carbons (Fsp3) is 0.588. The van der Waals surface area contributed by atoms with Crippen LogP contribution in [0, 0.1) is 0 Å². The zero-order valence-corrected chi connectivity index (χ0v) is 27.8. The van der Waals surface area contributed by atoms with Crippen LogP contribution in [0.1, 0.15) is 103 Å². The van der Waals surface area contributed by atoms with Crippen molar-refractivity contribution in [3.05, 3.63) is 48.5 Å². The van der Waals surface area contributed by atoms with Crippen molar-refractivity contribution in [1.29, 1.82) is 0 Å². The summed E-state index contributed by atoms with van der Waals surface area (Å²) in [6.45, 7) is 1.51. The Labute approximate surface area is 264 Å². The summed E-state index contributed by atoms with van der Waals surface area (Å²) in [6, 6.07) is 15.8. The molecular formula is C34H48Br2N2O3. The molecule has 0 N–H and O–H groups in total. The van der Waals surface area contributed by atoms with E-state index in [9.17, 15) is 0 Å². The molecule has 3 rings (SSSR count). The van der Waals surface area contributed by atoms with Gasteiger partial charge in [0.2, 0.25) is 11.8 Å². The second-order valence-corrected chi connectivity index (χ2v) is 12.3. The van der Waals surface area contributed by atoms with E-state index in [1.165, 1.54) is 89.9 Å². The van der Waals surface area contributed by atoms with Crippen LogP contribution in [0.3, 0.4) is 0 Å². The second kappa shape index (κ2) is 21.8. The van der Waals surface area contributed by atoms with E-state index >= 15 is 0 Å². The maximum atomic E-state index is 5.96. The van der Waals surface area contributed by atoms with Crippen molar-refractivity contribution >= 4 is 31.9 Å². The van der Waals surface area contributed by atoms with E-state index in [0.29, 0.717) is 11.8 Å². The largest absolute Gasteiger partial charge is 0.494 e. The third-order valence-electron chi connectivity index (χ3n) is 7.22. The minimum absolute atomic E-state index is 0.506. The summed E-state index contributed by atoms with van der Waals surface area (Å²) in [5.41, 5.74) is 1.77. The highest BCUT2D eigenvalue weighted by Gasteiger charge is 2.11. The molecule has 0 saturated heterocycles. The Bertz CT molecular complexity index is 959. The molecule has 226 valence electrons. The number of rotatable bonds is 24. The molecule has 0 aliphatic heterocycles. The van der Waals surface area contributed by atoms with Crippen LogP contribution >= 0.6 is 31.9 Å². The van der Waals surface area contributed by atoms with Crippen LogP contribution in [0.25, 0.3) is 22.9 Å². The van der Waals surface area contributed by atoms with E-state index in [-0.39, 0.29) is 0 Å². The number of benzene rings is 2. The zero-order valence-electron chi connectivity index (χ0n) is 24.6. The molecule has 0 fully saturated rings. The van der Waals surface area contributed by atoms with E-state index in [0.717, 1.165) is 59.3 Å².